The van der Waals surface area contributed by atoms with E-state index in [1.165, 1.54) is 0 Å². The standard InChI is InChI=1S/C17H18O4S/c1-22-13-6-2-10(3-7-13)9-21-17(20)15-12-5-4-11(8-12)14(15)16(18)19/h2-7,11-12,14-15H,8-9H2,1H3,(H,18,19)/t11-,12-,14+,15+/m0/s1. The fraction of sp³-hybridized carbons (Fsp3) is 0.412. The van der Waals surface area contributed by atoms with Crippen LogP contribution in [-0.2, 0) is 20.9 Å². The van der Waals surface area contributed by atoms with Crippen LogP contribution in [0.5, 0.6) is 0 Å². The van der Waals surface area contributed by atoms with Crippen LogP contribution in [0.2, 0.25) is 0 Å². The average molecular weight is 318 g/mol. The molecule has 0 spiro atoms. The molecule has 3 rings (SSSR count). The molecule has 0 aliphatic heterocycles. The zero-order chi connectivity index (χ0) is 15.7. The van der Waals surface area contributed by atoms with Crippen molar-refractivity contribution in [2.45, 2.75) is 17.9 Å². The van der Waals surface area contributed by atoms with E-state index in [1.807, 2.05) is 42.7 Å². The van der Waals surface area contributed by atoms with Gasteiger partial charge in [-0.2, -0.15) is 0 Å². The topological polar surface area (TPSA) is 63.6 Å². The predicted molar refractivity (Wildman–Crippen MR) is 83.4 cm³/mol. The number of aliphatic carboxylic acids is 1. The Labute approximate surface area is 133 Å². The highest BCUT2D eigenvalue weighted by molar-refractivity contribution is 7.98. The molecule has 0 heterocycles. The Bertz CT molecular complexity index is 608. The smallest absolute Gasteiger partial charge is 0.310 e. The Hall–Kier alpha value is -1.75. The number of esters is 1. The number of carboxylic acid groups (broad SMARTS) is 1. The van der Waals surface area contributed by atoms with Gasteiger partial charge in [0.25, 0.3) is 0 Å². The van der Waals surface area contributed by atoms with Gasteiger partial charge in [-0.15, -0.1) is 11.8 Å². The Morgan fingerprint density at radius 2 is 1.82 bits per heavy atom. The number of hydrogen-bond acceptors (Lipinski definition) is 4. The summed E-state index contributed by atoms with van der Waals surface area (Å²) >= 11 is 1.65. The van der Waals surface area contributed by atoms with Crippen LogP contribution >= 0.6 is 11.8 Å². The number of thioether (sulfide) groups is 1. The first-order valence-electron chi connectivity index (χ1n) is 7.31. The number of rotatable bonds is 5. The lowest BCUT2D eigenvalue weighted by atomic mass is 9.83. The molecule has 116 valence electrons. The van der Waals surface area contributed by atoms with Gasteiger partial charge in [0.15, 0.2) is 0 Å². The van der Waals surface area contributed by atoms with Gasteiger partial charge in [0.05, 0.1) is 11.8 Å². The van der Waals surface area contributed by atoms with Crippen molar-refractivity contribution in [2.24, 2.45) is 23.7 Å². The van der Waals surface area contributed by atoms with Crippen molar-refractivity contribution in [1.29, 1.82) is 0 Å². The van der Waals surface area contributed by atoms with Gasteiger partial charge in [0.1, 0.15) is 6.61 Å². The van der Waals surface area contributed by atoms with E-state index in [1.54, 1.807) is 11.8 Å². The van der Waals surface area contributed by atoms with Crippen molar-refractivity contribution in [2.75, 3.05) is 6.26 Å². The van der Waals surface area contributed by atoms with Crippen LogP contribution in [0.25, 0.3) is 0 Å². The van der Waals surface area contributed by atoms with Crippen LogP contribution < -0.4 is 0 Å². The minimum atomic E-state index is -0.900. The maximum absolute atomic E-state index is 12.3. The molecule has 1 N–H and O–H groups in total. The van der Waals surface area contributed by atoms with Crippen molar-refractivity contribution in [3.63, 3.8) is 0 Å². The molecule has 1 aromatic carbocycles. The summed E-state index contributed by atoms with van der Waals surface area (Å²) in [4.78, 5) is 24.9. The van der Waals surface area contributed by atoms with E-state index in [4.69, 9.17) is 4.74 Å². The molecule has 2 aliphatic rings. The molecule has 2 aliphatic carbocycles. The molecule has 1 saturated carbocycles. The molecule has 2 bridgehead atoms. The zero-order valence-electron chi connectivity index (χ0n) is 12.3. The SMILES string of the molecule is CSc1ccc(COC(=O)[C@H]2[C@H](C(=O)O)[C@H]3C=C[C@H]2C3)cc1. The molecule has 1 aromatic rings. The van der Waals surface area contributed by atoms with Crippen LogP contribution in [0.3, 0.4) is 0 Å². The van der Waals surface area contributed by atoms with Crippen LogP contribution in [0, 0.1) is 23.7 Å². The number of carbonyl (C=O) groups is 2. The summed E-state index contributed by atoms with van der Waals surface area (Å²) in [5.74, 6) is -2.49. The Morgan fingerprint density at radius 3 is 2.41 bits per heavy atom. The molecule has 5 heteroatoms. The minimum absolute atomic E-state index is 0.0115. The van der Waals surface area contributed by atoms with Crippen molar-refractivity contribution in [3.8, 4) is 0 Å². The number of fused-ring (bicyclic) bond motifs is 2. The Kier molecular flexibility index (Phi) is 4.25. The molecule has 1 fully saturated rings. The van der Waals surface area contributed by atoms with E-state index in [2.05, 4.69) is 0 Å². The minimum Gasteiger partial charge on any atom is -0.481 e. The molecular formula is C17H18O4S. The molecule has 4 atom stereocenters. The maximum atomic E-state index is 12.3. The average Bonchev–Trinajstić information content (AvgIpc) is 3.14. The summed E-state index contributed by atoms with van der Waals surface area (Å²) in [6, 6.07) is 7.81. The normalized spacial score (nSPS) is 28.8. The molecular weight excluding hydrogens is 300 g/mol. The van der Waals surface area contributed by atoms with Crippen molar-refractivity contribution >= 4 is 23.7 Å². The molecule has 0 saturated heterocycles. The highest BCUT2D eigenvalue weighted by Crippen LogP contribution is 2.48. The Morgan fingerprint density at radius 1 is 1.18 bits per heavy atom. The summed E-state index contributed by atoms with van der Waals surface area (Å²) in [7, 11) is 0. The van der Waals surface area contributed by atoms with Gasteiger partial charge in [0.2, 0.25) is 0 Å². The van der Waals surface area contributed by atoms with E-state index >= 15 is 0 Å². The van der Waals surface area contributed by atoms with Gasteiger partial charge in [-0.1, -0.05) is 24.3 Å². The third-order valence-corrected chi connectivity index (χ3v) is 5.30. The maximum Gasteiger partial charge on any atom is 0.310 e. The van der Waals surface area contributed by atoms with Gasteiger partial charge in [0, 0.05) is 4.90 Å². The van der Waals surface area contributed by atoms with Gasteiger partial charge in [-0.05, 0) is 42.2 Å². The highest BCUT2D eigenvalue weighted by Gasteiger charge is 2.52. The van der Waals surface area contributed by atoms with E-state index < -0.39 is 23.8 Å². The third-order valence-electron chi connectivity index (χ3n) is 4.56. The quantitative estimate of drug-likeness (QED) is 0.514. The summed E-state index contributed by atoms with van der Waals surface area (Å²) in [6.07, 6.45) is 6.64. The summed E-state index contributed by atoms with van der Waals surface area (Å²) in [5, 5.41) is 9.35. The van der Waals surface area contributed by atoms with Crippen molar-refractivity contribution in [3.05, 3.63) is 42.0 Å². The van der Waals surface area contributed by atoms with E-state index in [0.29, 0.717) is 0 Å². The summed E-state index contributed by atoms with van der Waals surface area (Å²) in [6.45, 7) is 0.192. The first kappa shape index (κ1) is 15.2. The second-order valence-electron chi connectivity index (χ2n) is 5.79. The lowest BCUT2D eigenvalue weighted by Crippen LogP contribution is -2.34. The molecule has 4 nitrogen and oxygen atoms in total. The number of ether oxygens (including phenoxy) is 1. The van der Waals surface area contributed by atoms with Crippen LogP contribution in [0.1, 0.15) is 12.0 Å². The highest BCUT2D eigenvalue weighted by atomic mass is 32.2. The lowest BCUT2D eigenvalue weighted by molar-refractivity contribution is -0.159. The number of hydrogen-bond donors (Lipinski definition) is 1. The number of benzene rings is 1. The largest absolute Gasteiger partial charge is 0.481 e. The summed E-state index contributed by atoms with van der Waals surface area (Å²) in [5.41, 5.74) is 0.914. The van der Waals surface area contributed by atoms with E-state index in [9.17, 15) is 14.7 Å². The number of carbonyl (C=O) groups excluding carboxylic acids is 1. The monoisotopic (exact) mass is 318 g/mol. The van der Waals surface area contributed by atoms with Gasteiger partial charge in [-0.25, -0.2) is 0 Å². The lowest BCUT2D eigenvalue weighted by Gasteiger charge is -2.23. The van der Waals surface area contributed by atoms with E-state index in [-0.39, 0.29) is 18.4 Å². The van der Waals surface area contributed by atoms with Gasteiger partial charge < -0.3 is 9.84 Å². The molecule has 0 unspecified atom stereocenters. The van der Waals surface area contributed by atoms with Crippen molar-refractivity contribution < 1.29 is 19.4 Å². The first-order chi connectivity index (χ1) is 10.6. The van der Waals surface area contributed by atoms with Crippen LogP contribution in [0.4, 0.5) is 0 Å². The van der Waals surface area contributed by atoms with Crippen LogP contribution in [-0.4, -0.2) is 23.3 Å². The fourth-order valence-electron chi connectivity index (χ4n) is 3.45. The van der Waals surface area contributed by atoms with Crippen LogP contribution in [0.15, 0.2) is 41.3 Å². The second-order valence-corrected chi connectivity index (χ2v) is 6.67. The predicted octanol–water partition coefficient (Wildman–Crippen LogP) is 2.97. The molecule has 0 amide bonds. The molecule has 0 radical (unpaired) electrons. The molecule has 22 heavy (non-hydrogen) atoms. The Balaban J connectivity index is 1.64. The molecule has 0 aromatic heterocycles. The van der Waals surface area contributed by atoms with Gasteiger partial charge in [-0.3, -0.25) is 9.59 Å². The second kappa shape index (κ2) is 6.16. The summed E-state index contributed by atoms with van der Waals surface area (Å²) < 4.78 is 5.38. The first-order valence-corrected chi connectivity index (χ1v) is 8.53. The van der Waals surface area contributed by atoms with Crippen molar-refractivity contribution in [1.82, 2.24) is 0 Å². The zero-order valence-corrected chi connectivity index (χ0v) is 13.1. The van der Waals surface area contributed by atoms with Gasteiger partial charge >= 0.3 is 11.9 Å². The number of allylic oxidation sites excluding steroid dienone is 2. The van der Waals surface area contributed by atoms with E-state index in [0.717, 1.165) is 16.9 Å². The fourth-order valence-corrected chi connectivity index (χ4v) is 3.86. The number of carboxylic acids is 1. The third kappa shape index (κ3) is 2.77.